The Morgan fingerprint density at radius 2 is 2.07 bits per heavy atom. The van der Waals surface area contributed by atoms with E-state index in [1.54, 1.807) is 7.05 Å². The maximum absolute atomic E-state index is 11.8. The van der Waals surface area contributed by atoms with Crippen LogP contribution >= 0.6 is 0 Å². The fourth-order valence-corrected chi connectivity index (χ4v) is 2.81. The molecule has 1 aromatic rings. The molecule has 150 valence electrons. The molecule has 1 aliphatic heterocycles. The molecule has 0 spiro atoms. The normalized spacial score (nSPS) is 17.0. The molecule has 27 heavy (non-hydrogen) atoms. The van der Waals surface area contributed by atoms with Gasteiger partial charge in [0.25, 0.3) is 5.91 Å². The molecule has 1 unspecified atom stereocenters. The highest BCUT2D eigenvalue weighted by atomic mass is 16.5. The predicted octanol–water partition coefficient (Wildman–Crippen LogP) is 1.69. The third kappa shape index (κ3) is 7.97. The fraction of sp³-hybridized carbons (Fsp3) is 0.600. The summed E-state index contributed by atoms with van der Waals surface area (Å²) in [5, 5.41) is 9.34. The number of benzene rings is 1. The van der Waals surface area contributed by atoms with E-state index in [4.69, 9.17) is 9.47 Å². The van der Waals surface area contributed by atoms with Gasteiger partial charge in [0.2, 0.25) is 0 Å². The lowest BCUT2D eigenvalue weighted by Gasteiger charge is -2.13. The van der Waals surface area contributed by atoms with Crippen molar-refractivity contribution in [2.45, 2.75) is 38.8 Å². The van der Waals surface area contributed by atoms with Crippen molar-refractivity contribution in [1.82, 2.24) is 16.0 Å². The molecule has 1 heterocycles. The molecule has 0 bridgehead atoms. The van der Waals surface area contributed by atoms with E-state index in [1.807, 2.05) is 31.2 Å². The molecule has 1 saturated heterocycles. The summed E-state index contributed by atoms with van der Waals surface area (Å²) in [6.45, 7) is 6.25. The first-order valence-electron chi connectivity index (χ1n) is 9.74. The van der Waals surface area contributed by atoms with E-state index < -0.39 is 0 Å². The Bertz CT molecular complexity index is 583. The number of rotatable bonds is 10. The second-order valence-corrected chi connectivity index (χ2v) is 6.47. The van der Waals surface area contributed by atoms with Crippen molar-refractivity contribution in [3.05, 3.63) is 35.4 Å². The Kier molecular flexibility index (Phi) is 9.65. The van der Waals surface area contributed by atoms with Crippen molar-refractivity contribution in [2.24, 2.45) is 4.99 Å². The van der Waals surface area contributed by atoms with Gasteiger partial charge in [-0.3, -0.25) is 9.79 Å². The molecular weight excluding hydrogens is 344 g/mol. The number of hydrogen-bond donors (Lipinski definition) is 3. The third-order valence-electron chi connectivity index (χ3n) is 4.32. The van der Waals surface area contributed by atoms with Crippen LogP contribution in [0.3, 0.4) is 0 Å². The van der Waals surface area contributed by atoms with Crippen molar-refractivity contribution < 1.29 is 14.3 Å². The number of aliphatic imine (C=N–C) groups is 1. The smallest absolute Gasteiger partial charge is 0.251 e. The van der Waals surface area contributed by atoms with Gasteiger partial charge in [-0.25, -0.2) is 0 Å². The molecule has 7 nitrogen and oxygen atoms in total. The van der Waals surface area contributed by atoms with Crippen LogP contribution in [-0.2, 0) is 16.0 Å². The first kappa shape index (κ1) is 21.2. The summed E-state index contributed by atoms with van der Waals surface area (Å²) in [4.78, 5) is 16.0. The van der Waals surface area contributed by atoms with Crippen LogP contribution in [0.15, 0.2) is 29.3 Å². The highest BCUT2D eigenvalue weighted by Gasteiger charge is 2.14. The third-order valence-corrected chi connectivity index (χ3v) is 4.32. The summed E-state index contributed by atoms with van der Waals surface area (Å²) in [6, 6.07) is 7.57. The van der Waals surface area contributed by atoms with Gasteiger partial charge in [-0.15, -0.1) is 0 Å². The van der Waals surface area contributed by atoms with Crippen LogP contribution in [0.25, 0.3) is 0 Å². The van der Waals surface area contributed by atoms with Gasteiger partial charge in [0.1, 0.15) is 0 Å². The van der Waals surface area contributed by atoms with Gasteiger partial charge < -0.3 is 25.4 Å². The van der Waals surface area contributed by atoms with Crippen LogP contribution < -0.4 is 16.0 Å². The quantitative estimate of drug-likeness (QED) is 0.329. The minimum Gasteiger partial charge on any atom is -0.379 e. The molecule has 1 amide bonds. The van der Waals surface area contributed by atoms with Crippen LogP contribution in [0.5, 0.6) is 0 Å². The Morgan fingerprint density at radius 1 is 1.26 bits per heavy atom. The summed E-state index contributed by atoms with van der Waals surface area (Å²) >= 11 is 0. The lowest BCUT2D eigenvalue weighted by molar-refractivity contribution is 0.0168. The molecule has 1 fully saturated rings. The van der Waals surface area contributed by atoms with E-state index in [2.05, 4.69) is 20.9 Å². The molecule has 3 N–H and O–H groups in total. The van der Waals surface area contributed by atoms with Crippen LogP contribution in [0, 0.1) is 0 Å². The van der Waals surface area contributed by atoms with E-state index in [0.29, 0.717) is 31.9 Å². The Labute approximate surface area is 161 Å². The molecule has 2 rings (SSSR count). The van der Waals surface area contributed by atoms with Crippen LogP contribution in [0.2, 0.25) is 0 Å². The van der Waals surface area contributed by atoms with Crippen LogP contribution in [-0.4, -0.2) is 57.9 Å². The number of nitrogens with one attached hydrogen (secondary N) is 3. The number of nitrogens with zero attached hydrogens (tertiary/aromatic N) is 1. The summed E-state index contributed by atoms with van der Waals surface area (Å²) in [6.07, 6.45) is 3.45. The Balaban J connectivity index is 1.59. The zero-order valence-electron chi connectivity index (χ0n) is 16.4. The van der Waals surface area contributed by atoms with E-state index >= 15 is 0 Å². The molecule has 1 atom stereocenters. The van der Waals surface area contributed by atoms with Crippen LogP contribution in [0.4, 0.5) is 0 Å². The van der Waals surface area contributed by atoms with Gasteiger partial charge >= 0.3 is 0 Å². The van der Waals surface area contributed by atoms with Crippen molar-refractivity contribution in [1.29, 1.82) is 0 Å². The highest BCUT2D eigenvalue weighted by Crippen LogP contribution is 2.11. The topological polar surface area (TPSA) is 84.0 Å². The van der Waals surface area contributed by atoms with E-state index in [9.17, 15) is 4.79 Å². The van der Waals surface area contributed by atoms with E-state index in [-0.39, 0.29) is 12.0 Å². The van der Waals surface area contributed by atoms with Gasteiger partial charge in [-0.2, -0.15) is 0 Å². The molecule has 0 radical (unpaired) electrons. The number of hydrogen-bond acceptors (Lipinski definition) is 4. The van der Waals surface area contributed by atoms with Crippen molar-refractivity contribution in [3.8, 4) is 0 Å². The predicted molar refractivity (Wildman–Crippen MR) is 107 cm³/mol. The molecule has 1 aromatic carbocycles. The standard InChI is InChI=1S/C20H32N4O3/c1-3-22-19(25)17-9-7-16(8-10-17)14-24-20(21-2)23-11-5-12-26-15-18-6-4-13-27-18/h7-10,18H,3-6,11-15H2,1-2H3,(H,22,25)(H2,21,23,24). The molecule has 0 aromatic heterocycles. The number of carbonyl (C=O) groups excluding carboxylic acids is 1. The van der Waals surface area contributed by atoms with Crippen molar-refractivity contribution >= 4 is 11.9 Å². The Hall–Kier alpha value is -2.12. The highest BCUT2D eigenvalue weighted by molar-refractivity contribution is 5.94. The monoisotopic (exact) mass is 376 g/mol. The summed E-state index contributed by atoms with van der Waals surface area (Å²) in [5.74, 6) is 0.707. The number of guanidine groups is 1. The van der Waals surface area contributed by atoms with Crippen LogP contribution in [0.1, 0.15) is 42.1 Å². The second kappa shape index (κ2) is 12.3. The van der Waals surface area contributed by atoms with Gasteiger partial charge in [-0.1, -0.05) is 12.1 Å². The average Bonchev–Trinajstić information content (AvgIpc) is 3.21. The lowest BCUT2D eigenvalue weighted by Crippen LogP contribution is -2.37. The molecule has 0 saturated carbocycles. The maximum Gasteiger partial charge on any atom is 0.251 e. The Morgan fingerprint density at radius 3 is 2.74 bits per heavy atom. The van der Waals surface area contributed by atoms with E-state index in [1.165, 1.54) is 0 Å². The average molecular weight is 377 g/mol. The van der Waals surface area contributed by atoms with E-state index in [0.717, 1.165) is 43.9 Å². The number of ether oxygens (including phenoxy) is 2. The SMILES string of the molecule is CCNC(=O)c1ccc(CNC(=NC)NCCCOCC2CCCO2)cc1. The molecular formula is C20H32N4O3. The number of carbonyl (C=O) groups is 1. The molecule has 0 aliphatic carbocycles. The first-order chi connectivity index (χ1) is 13.2. The van der Waals surface area contributed by atoms with Crippen molar-refractivity contribution in [3.63, 3.8) is 0 Å². The zero-order chi connectivity index (χ0) is 19.3. The summed E-state index contributed by atoms with van der Waals surface area (Å²) < 4.78 is 11.2. The van der Waals surface area contributed by atoms with Crippen molar-refractivity contribution in [2.75, 3.05) is 40.0 Å². The molecule has 1 aliphatic rings. The minimum absolute atomic E-state index is 0.0452. The van der Waals surface area contributed by atoms with Gasteiger partial charge in [0.05, 0.1) is 12.7 Å². The number of amides is 1. The second-order valence-electron chi connectivity index (χ2n) is 6.47. The fourth-order valence-electron chi connectivity index (χ4n) is 2.81. The first-order valence-corrected chi connectivity index (χ1v) is 9.74. The maximum atomic E-state index is 11.8. The van der Waals surface area contributed by atoms with Gasteiger partial charge in [-0.05, 0) is 43.9 Å². The zero-order valence-corrected chi connectivity index (χ0v) is 16.4. The lowest BCUT2D eigenvalue weighted by atomic mass is 10.1. The summed E-state index contributed by atoms with van der Waals surface area (Å²) in [5.41, 5.74) is 1.76. The largest absolute Gasteiger partial charge is 0.379 e. The van der Waals surface area contributed by atoms with Gasteiger partial charge in [0, 0.05) is 45.5 Å². The van der Waals surface area contributed by atoms with Gasteiger partial charge in [0.15, 0.2) is 5.96 Å². The summed E-state index contributed by atoms with van der Waals surface area (Å²) in [7, 11) is 1.75. The minimum atomic E-state index is -0.0452. The molecule has 7 heteroatoms.